The highest BCUT2D eigenvalue weighted by molar-refractivity contribution is 5.81. The number of carbonyl (C=O) groups excluding carboxylic acids is 1. The number of carbonyl (C=O) groups is 1. The number of nitrogens with zero attached hydrogens (tertiary/aromatic N) is 4. The summed E-state index contributed by atoms with van der Waals surface area (Å²) in [5.41, 5.74) is 3.29. The van der Waals surface area contributed by atoms with E-state index in [1.165, 1.54) is 5.56 Å². The highest BCUT2D eigenvalue weighted by Crippen LogP contribution is 2.20. The molecule has 2 heterocycles. The van der Waals surface area contributed by atoms with Crippen molar-refractivity contribution >= 4 is 5.91 Å². The summed E-state index contributed by atoms with van der Waals surface area (Å²) >= 11 is 0. The Balaban J connectivity index is 1.20. The summed E-state index contributed by atoms with van der Waals surface area (Å²) in [6, 6.07) is 15.8. The minimum absolute atomic E-state index is 0.0711. The normalized spacial score (nSPS) is 15.7. The van der Waals surface area contributed by atoms with Crippen LogP contribution < -0.4 is 10.1 Å². The zero-order valence-electron chi connectivity index (χ0n) is 20.2. The number of amides is 1. The fourth-order valence-corrected chi connectivity index (χ4v) is 4.19. The lowest BCUT2D eigenvalue weighted by Crippen LogP contribution is -2.53. The molecular formula is C26H33N5O3. The van der Waals surface area contributed by atoms with E-state index in [0.717, 1.165) is 49.5 Å². The minimum Gasteiger partial charge on any atom is -0.497 e. The molecule has 0 aliphatic carbocycles. The van der Waals surface area contributed by atoms with Crippen LogP contribution >= 0.6 is 0 Å². The molecule has 1 saturated heterocycles. The predicted octanol–water partition coefficient (Wildman–Crippen LogP) is 2.92. The molecule has 0 bridgehead atoms. The Bertz CT molecular complexity index is 1070. The molecule has 8 heteroatoms. The van der Waals surface area contributed by atoms with Crippen LogP contribution in [0.5, 0.6) is 5.75 Å². The number of methoxy groups -OCH3 is 1. The first-order valence-corrected chi connectivity index (χ1v) is 11.8. The molecule has 1 atom stereocenters. The van der Waals surface area contributed by atoms with Crippen molar-refractivity contribution in [2.45, 2.75) is 32.9 Å². The molecule has 34 heavy (non-hydrogen) atoms. The Hall–Kier alpha value is -3.23. The van der Waals surface area contributed by atoms with Crippen LogP contribution in [0.4, 0.5) is 0 Å². The van der Waals surface area contributed by atoms with Crippen LogP contribution in [-0.2, 0) is 17.8 Å². The number of rotatable bonds is 9. The van der Waals surface area contributed by atoms with Crippen molar-refractivity contribution in [1.29, 1.82) is 0 Å². The first kappa shape index (κ1) is 23.9. The zero-order chi connectivity index (χ0) is 23.9. The summed E-state index contributed by atoms with van der Waals surface area (Å²) in [4.78, 5) is 21.8. The molecule has 1 N–H and O–H groups in total. The van der Waals surface area contributed by atoms with E-state index in [-0.39, 0.29) is 11.9 Å². The van der Waals surface area contributed by atoms with E-state index in [1.807, 2.05) is 62.4 Å². The molecule has 1 aromatic heterocycles. The molecule has 180 valence electrons. The average Bonchev–Trinajstić information content (AvgIpc) is 3.33. The van der Waals surface area contributed by atoms with E-state index < -0.39 is 0 Å². The van der Waals surface area contributed by atoms with Gasteiger partial charge in [0, 0.05) is 38.3 Å². The van der Waals surface area contributed by atoms with Crippen molar-refractivity contribution in [1.82, 2.24) is 25.3 Å². The molecule has 2 aromatic carbocycles. The molecule has 4 rings (SSSR count). The van der Waals surface area contributed by atoms with Gasteiger partial charge in [0.2, 0.25) is 17.6 Å². The van der Waals surface area contributed by atoms with Crippen LogP contribution in [0.15, 0.2) is 53.1 Å². The van der Waals surface area contributed by atoms with Gasteiger partial charge in [-0.05, 0) is 43.5 Å². The van der Waals surface area contributed by atoms with Crippen LogP contribution in [0.1, 0.15) is 23.9 Å². The lowest BCUT2D eigenvalue weighted by atomic mass is 10.1. The molecule has 3 aromatic rings. The molecule has 1 aliphatic rings. The first-order valence-electron chi connectivity index (χ1n) is 11.8. The SMILES string of the molecule is COc1ccc(CCNC(=O)C(C)N2CCN(Cc3nc(-c4ccccc4C)no3)CC2)cc1. The van der Waals surface area contributed by atoms with Crippen molar-refractivity contribution in [3.8, 4) is 17.1 Å². The number of hydrogen-bond donors (Lipinski definition) is 1. The van der Waals surface area contributed by atoms with Gasteiger partial charge < -0.3 is 14.6 Å². The fourth-order valence-electron chi connectivity index (χ4n) is 4.19. The Kier molecular flexibility index (Phi) is 7.92. The number of benzene rings is 2. The monoisotopic (exact) mass is 463 g/mol. The second-order valence-corrected chi connectivity index (χ2v) is 8.70. The summed E-state index contributed by atoms with van der Waals surface area (Å²) in [6.45, 7) is 8.62. The minimum atomic E-state index is -0.158. The van der Waals surface area contributed by atoms with Gasteiger partial charge in [0.15, 0.2) is 0 Å². The summed E-state index contributed by atoms with van der Waals surface area (Å²) in [5.74, 6) is 2.16. The van der Waals surface area contributed by atoms with Gasteiger partial charge >= 0.3 is 0 Å². The van der Waals surface area contributed by atoms with Gasteiger partial charge in [0.05, 0.1) is 19.7 Å². The summed E-state index contributed by atoms with van der Waals surface area (Å²) < 4.78 is 10.7. The van der Waals surface area contributed by atoms with E-state index in [4.69, 9.17) is 9.26 Å². The molecule has 1 aliphatic heterocycles. The third-order valence-electron chi connectivity index (χ3n) is 6.42. The molecule has 1 fully saturated rings. The van der Waals surface area contributed by atoms with Gasteiger partial charge in [-0.15, -0.1) is 0 Å². The molecule has 0 spiro atoms. The van der Waals surface area contributed by atoms with Gasteiger partial charge in [0.25, 0.3) is 0 Å². The number of aryl methyl sites for hydroxylation is 1. The van der Waals surface area contributed by atoms with Gasteiger partial charge in [-0.3, -0.25) is 14.6 Å². The molecule has 8 nitrogen and oxygen atoms in total. The van der Waals surface area contributed by atoms with Gasteiger partial charge in [-0.25, -0.2) is 0 Å². The van der Waals surface area contributed by atoms with Crippen LogP contribution in [0.2, 0.25) is 0 Å². The second-order valence-electron chi connectivity index (χ2n) is 8.70. The van der Waals surface area contributed by atoms with Crippen LogP contribution in [-0.4, -0.2) is 71.7 Å². The number of aromatic nitrogens is 2. The summed E-state index contributed by atoms with van der Waals surface area (Å²) in [5, 5.41) is 7.23. The maximum absolute atomic E-state index is 12.7. The van der Waals surface area contributed by atoms with Crippen molar-refractivity contribution in [3.63, 3.8) is 0 Å². The lowest BCUT2D eigenvalue weighted by Gasteiger charge is -2.36. The predicted molar refractivity (Wildman–Crippen MR) is 130 cm³/mol. The van der Waals surface area contributed by atoms with Crippen LogP contribution in [0.25, 0.3) is 11.4 Å². The first-order chi connectivity index (χ1) is 16.5. The Labute approximate surface area is 200 Å². The highest BCUT2D eigenvalue weighted by Gasteiger charge is 2.26. The van der Waals surface area contributed by atoms with Crippen LogP contribution in [0, 0.1) is 6.92 Å². The Morgan fingerprint density at radius 2 is 1.85 bits per heavy atom. The maximum atomic E-state index is 12.7. The number of nitrogens with one attached hydrogen (secondary N) is 1. The lowest BCUT2D eigenvalue weighted by molar-refractivity contribution is -0.126. The van der Waals surface area contributed by atoms with Gasteiger partial charge in [0.1, 0.15) is 5.75 Å². The quantitative estimate of drug-likeness (QED) is 0.522. The zero-order valence-corrected chi connectivity index (χ0v) is 20.2. The summed E-state index contributed by atoms with van der Waals surface area (Å²) in [7, 11) is 1.66. The number of piperazine rings is 1. The topological polar surface area (TPSA) is 83.7 Å². The van der Waals surface area contributed by atoms with E-state index in [9.17, 15) is 4.79 Å². The summed E-state index contributed by atoms with van der Waals surface area (Å²) in [6.07, 6.45) is 0.797. The van der Waals surface area contributed by atoms with E-state index >= 15 is 0 Å². The molecule has 0 saturated carbocycles. The largest absolute Gasteiger partial charge is 0.497 e. The molecule has 1 amide bonds. The molecular weight excluding hydrogens is 430 g/mol. The molecule has 1 unspecified atom stereocenters. The Morgan fingerprint density at radius 1 is 1.12 bits per heavy atom. The van der Waals surface area contributed by atoms with Crippen molar-refractivity contribution in [2.24, 2.45) is 0 Å². The van der Waals surface area contributed by atoms with E-state index in [2.05, 4.69) is 25.3 Å². The van der Waals surface area contributed by atoms with Crippen molar-refractivity contribution in [3.05, 3.63) is 65.5 Å². The number of ether oxygens (including phenoxy) is 1. The van der Waals surface area contributed by atoms with E-state index in [0.29, 0.717) is 24.8 Å². The third kappa shape index (κ3) is 6.01. The smallest absolute Gasteiger partial charge is 0.241 e. The maximum Gasteiger partial charge on any atom is 0.241 e. The highest BCUT2D eigenvalue weighted by atomic mass is 16.5. The van der Waals surface area contributed by atoms with E-state index in [1.54, 1.807) is 7.11 Å². The molecule has 0 radical (unpaired) electrons. The second kappa shape index (κ2) is 11.3. The Morgan fingerprint density at radius 3 is 2.56 bits per heavy atom. The van der Waals surface area contributed by atoms with Gasteiger partial charge in [-0.1, -0.05) is 41.6 Å². The third-order valence-corrected chi connectivity index (χ3v) is 6.42. The fraction of sp³-hybridized carbons (Fsp3) is 0.423. The standard InChI is InChI=1S/C26H33N5O3/c1-19-6-4-5-7-23(19)25-28-24(34-29-25)18-30-14-16-31(17-15-30)20(2)26(32)27-13-12-21-8-10-22(33-3)11-9-21/h4-11,20H,12-18H2,1-3H3,(H,27,32). The van der Waals surface area contributed by atoms with Crippen LogP contribution in [0.3, 0.4) is 0 Å². The van der Waals surface area contributed by atoms with Gasteiger partial charge in [-0.2, -0.15) is 4.98 Å². The van der Waals surface area contributed by atoms with Crippen molar-refractivity contribution < 1.29 is 14.1 Å². The number of hydrogen-bond acceptors (Lipinski definition) is 7. The van der Waals surface area contributed by atoms with Crippen molar-refractivity contribution in [2.75, 3.05) is 39.8 Å². The average molecular weight is 464 g/mol.